The minimum atomic E-state index is -1.22. The molecule has 46 heavy (non-hydrogen) atoms. The van der Waals surface area contributed by atoms with Crippen LogP contribution in [0, 0.1) is 11.8 Å². The first kappa shape index (κ1) is 32.7. The minimum Gasteiger partial charge on any atom is -0.394 e. The van der Waals surface area contributed by atoms with Gasteiger partial charge in [0.15, 0.2) is 0 Å². The lowest BCUT2D eigenvalue weighted by Gasteiger charge is -2.42. The van der Waals surface area contributed by atoms with Crippen molar-refractivity contribution in [3.05, 3.63) is 91.5 Å². The van der Waals surface area contributed by atoms with Crippen molar-refractivity contribution in [1.29, 1.82) is 0 Å². The number of benzene rings is 2. The van der Waals surface area contributed by atoms with Gasteiger partial charge in [0.25, 0.3) is 0 Å². The molecular weight excluding hydrogens is 646 g/mol. The fraction of sp³-hybridized carbons (Fsp3) is 0.486. The van der Waals surface area contributed by atoms with E-state index in [4.69, 9.17) is 4.74 Å². The number of hydrogen-bond acceptors (Lipinski definition) is 5. The van der Waals surface area contributed by atoms with Gasteiger partial charge in [0.05, 0.1) is 30.6 Å². The first-order valence-corrected chi connectivity index (χ1v) is 17.4. The van der Waals surface area contributed by atoms with E-state index < -0.39 is 35.6 Å². The van der Waals surface area contributed by atoms with E-state index in [9.17, 15) is 14.7 Å². The molecule has 0 aromatic heterocycles. The Kier molecular flexibility index (Phi) is 9.83. The summed E-state index contributed by atoms with van der Waals surface area (Å²) in [6.45, 7) is 8.14. The lowest BCUT2D eigenvalue weighted by atomic mass is 9.70. The van der Waals surface area contributed by atoms with Crippen LogP contribution >= 0.6 is 15.9 Å². The van der Waals surface area contributed by atoms with Crippen molar-refractivity contribution in [3.63, 3.8) is 0 Å². The number of para-hydroxylation sites is 1. The van der Waals surface area contributed by atoms with Crippen molar-refractivity contribution >= 4 is 39.3 Å². The molecule has 3 amide bonds. The minimum absolute atomic E-state index is 0.0327. The number of nitrogens with zero attached hydrogens (tertiary/aromatic N) is 3. The molecule has 3 unspecified atom stereocenters. The Bertz CT molecular complexity index is 1430. The van der Waals surface area contributed by atoms with Crippen LogP contribution in [0.4, 0.5) is 5.69 Å². The fourth-order valence-corrected chi connectivity index (χ4v) is 9.45. The van der Waals surface area contributed by atoms with E-state index in [0.717, 1.165) is 37.7 Å². The molecule has 1 spiro atoms. The molecule has 9 heteroatoms. The largest absolute Gasteiger partial charge is 0.394 e. The molecule has 8 nitrogen and oxygen atoms in total. The number of aliphatic hydroxyl groups is 1. The Labute approximate surface area is 280 Å². The molecule has 2 aromatic carbocycles. The highest BCUT2D eigenvalue weighted by atomic mass is 79.9. The van der Waals surface area contributed by atoms with Crippen molar-refractivity contribution in [3.8, 4) is 0 Å². The molecule has 4 aliphatic rings. The van der Waals surface area contributed by atoms with E-state index in [2.05, 4.69) is 29.1 Å². The lowest BCUT2D eigenvalue weighted by molar-refractivity contribution is -0.153. The molecule has 4 fully saturated rings. The van der Waals surface area contributed by atoms with Gasteiger partial charge in [-0.15, -0.1) is 13.2 Å². The van der Waals surface area contributed by atoms with Crippen LogP contribution in [0.2, 0.25) is 0 Å². The van der Waals surface area contributed by atoms with Crippen LogP contribution in [-0.2, 0) is 25.5 Å². The zero-order chi connectivity index (χ0) is 32.4. The molecule has 0 radical (unpaired) electrons. The quantitative estimate of drug-likeness (QED) is 0.253. The second-order valence-electron chi connectivity index (χ2n) is 13.1. The third kappa shape index (κ3) is 5.64. The second-order valence-corrected chi connectivity index (χ2v) is 14.3. The van der Waals surface area contributed by atoms with Gasteiger partial charge < -0.3 is 24.5 Å². The standard InChI is InChI=1S/C37H44BrN3O5/c1-3-20-39(26-16-10-6-11-17-26)34(43)30-31-35(44)41(28(24-42)22-25-14-8-5-9-15-25)33(37(31)23-29(38)32(30)46-37)36(45)40(21-4-2)27-18-12-7-13-19-27/h3-6,8-11,14-17,27-33,42H,1-2,7,12-13,18-24H2/t28-,29?,30+,31+,32+,33?,37?/m1/s1. The van der Waals surface area contributed by atoms with Gasteiger partial charge in [-0.2, -0.15) is 0 Å². The summed E-state index contributed by atoms with van der Waals surface area (Å²) in [6, 6.07) is 17.4. The van der Waals surface area contributed by atoms with Gasteiger partial charge in [0.2, 0.25) is 17.7 Å². The second kappa shape index (κ2) is 13.8. The Morgan fingerprint density at radius 2 is 1.65 bits per heavy atom. The van der Waals surface area contributed by atoms with Crippen molar-refractivity contribution in [1.82, 2.24) is 9.80 Å². The highest BCUT2D eigenvalue weighted by molar-refractivity contribution is 9.09. The number of carbonyl (C=O) groups excluding carboxylic acids is 3. The number of alkyl halides is 1. The van der Waals surface area contributed by atoms with E-state index in [0.29, 0.717) is 25.1 Å². The molecule has 7 atom stereocenters. The third-order valence-electron chi connectivity index (χ3n) is 10.4. The zero-order valence-corrected chi connectivity index (χ0v) is 27.8. The summed E-state index contributed by atoms with van der Waals surface area (Å²) in [5, 5.41) is 10.8. The maximum atomic E-state index is 15.0. The van der Waals surface area contributed by atoms with Gasteiger partial charge in [-0.25, -0.2) is 0 Å². The Morgan fingerprint density at radius 1 is 1.00 bits per heavy atom. The number of anilines is 1. The number of carbonyl (C=O) groups is 3. The average molecular weight is 691 g/mol. The highest BCUT2D eigenvalue weighted by Gasteiger charge is 2.77. The summed E-state index contributed by atoms with van der Waals surface area (Å²) < 4.78 is 6.85. The normalized spacial score (nSPS) is 29.3. The predicted molar refractivity (Wildman–Crippen MR) is 181 cm³/mol. The number of rotatable bonds is 12. The van der Waals surface area contributed by atoms with Crippen LogP contribution in [-0.4, -0.2) is 87.0 Å². The molecule has 3 aliphatic heterocycles. The summed E-state index contributed by atoms with van der Waals surface area (Å²) >= 11 is 3.81. The van der Waals surface area contributed by atoms with Gasteiger partial charge >= 0.3 is 0 Å². The van der Waals surface area contributed by atoms with Gasteiger partial charge in [-0.3, -0.25) is 14.4 Å². The van der Waals surface area contributed by atoms with Gasteiger partial charge in [0, 0.05) is 29.6 Å². The highest BCUT2D eigenvalue weighted by Crippen LogP contribution is 2.61. The number of aliphatic hydroxyl groups excluding tert-OH is 1. The van der Waals surface area contributed by atoms with Crippen LogP contribution in [0.25, 0.3) is 0 Å². The lowest BCUT2D eigenvalue weighted by Crippen LogP contribution is -2.61. The summed E-state index contributed by atoms with van der Waals surface area (Å²) in [5.41, 5.74) is 0.432. The molecule has 1 aliphatic carbocycles. The van der Waals surface area contributed by atoms with Crippen molar-refractivity contribution in [2.45, 2.75) is 79.6 Å². The van der Waals surface area contributed by atoms with E-state index in [1.165, 1.54) is 0 Å². The summed E-state index contributed by atoms with van der Waals surface area (Å²) in [5.74, 6) is -2.40. The number of fused-ring (bicyclic) bond motifs is 1. The maximum Gasteiger partial charge on any atom is 0.248 e. The summed E-state index contributed by atoms with van der Waals surface area (Å²) in [4.78, 5) is 49.4. The Hall–Kier alpha value is -3.27. The van der Waals surface area contributed by atoms with E-state index in [1.807, 2.05) is 65.6 Å². The zero-order valence-electron chi connectivity index (χ0n) is 26.3. The molecule has 2 aromatic rings. The van der Waals surface area contributed by atoms with Crippen LogP contribution < -0.4 is 4.90 Å². The summed E-state index contributed by atoms with van der Waals surface area (Å²) in [7, 11) is 0. The van der Waals surface area contributed by atoms with Crippen LogP contribution in [0.5, 0.6) is 0 Å². The van der Waals surface area contributed by atoms with Gasteiger partial charge in [0.1, 0.15) is 11.6 Å². The maximum absolute atomic E-state index is 15.0. The van der Waals surface area contributed by atoms with Crippen molar-refractivity contribution in [2.75, 3.05) is 24.6 Å². The van der Waals surface area contributed by atoms with E-state index >= 15 is 4.79 Å². The van der Waals surface area contributed by atoms with Gasteiger partial charge in [-0.05, 0) is 43.4 Å². The first-order chi connectivity index (χ1) is 22.4. The van der Waals surface area contributed by atoms with Gasteiger partial charge in [-0.1, -0.05) is 95.9 Å². The van der Waals surface area contributed by atoms with Crippen LogP contribution in [0.15, 0.2) is 86.0 Å². The molecule has 244 valence electrons. The number of halogens is 1. The van der Waals surface area contributed by atoms with Crippen LogP contribution in [0.3, 0.4) is 0 Å². The predicted octanol–water partition coefficient (Wildman–Crippen LogP) is 4.90. The Balaban J connectivity index is 1.44. The van der Waals surface area contributed by atoms with Crippen molar-refractivity contribution in [2.24, 2.45) is 11.8 Å². The smallest absolute Gasteiger partial charge is 0.248 e. The first-order valence-electron chi connectivity index (χ1n) is 16.5. The third-order valence-corrected chi connectivity index (χ3v) is 11.3. The summed E-state index contributed by atoms with van der Waals surface area (Å²) in [6.07, 6.45) is 8.62. The van der Waals surface area contributed by atoms with E-state index in [-0.39, 0.29) is 41.7 Å². The number of likely N-dealkylation sites (tertiary alicyclic amines) is 1. The molecule has 1 saturated carbocycles. The van der Waals surface area contributed by atoms with Crippen molar-refractivity contribution < 1.29 is 24.2 Å². The molecule has 6 rings (SSSR count). The fourth-order valence-electron chi connectivity index (χ4n) is 8.51. The molecule has 2 bridgehead atoms. The molecule has 3 heterocycles. The topological polar surface area (TPSA) is 90.4 Å². The van der Waals surface area contributed by atoms with E-state index in [1.54, 1.807) is 22.0 Å². The Morgan fingerprint density at radius 3 is 2.28 bits per heavy atom. The average Bonchev–Trinajstić information content (AvgIpc) is 3.68. The molecule has 1 N–H and O–H groups in total. The number of hydrogen-bond donors (Lipinski definition) is 1. The molecular formula is C37H44BrN3O5. The SMILES string of the molecule is C=CCN(C(=O)[C@H]1[C@H]2C(=O)N([C@@H](CO)Cc3ccccc3)C(C(=O)N(CC=C)C3CCCCC3)C23CC(Br)[C@@H]1O3)c1ccccc1. The monoisotopic (exact) mass is 689 g/mol. The molecule has 3 saturated heterocycles. The van der Waals surface area contributed by atoms with Crippen LogP contribution in [0.1, 0.15) is 44.1 Å². The number of ether oxygens (including phenoxy) is 1. The number of amides is 3.